The van der Waals surface area contributed by atoms with E-state index in [-0.39, 0.29) is 66.5 Å². The molecule has 5 heteroatoms. The summed E-state index contributed by atoms with van der Waals surface area (Å²) in [5, 5.41) is 19.2. The number of hydrogen-bond acceptors (Lipinski definition) is 2. The summed E-state index contributed by atoms with van der Waals surface area (Å²) in [6, 6.07) is 0. The van der Waals surface area contributed by atoms with Crippen molar-refractivity contribution in [3.05, 3.63) is 23.7 Å². The minimum absolute atomic E-state index is 0. The molecule has 0 atom stereocenters. The van der Waals surface area contributed by atoms with Crippen LogP contribution >= 0.6 is 0 Å². The van der Waals surface area contributed by atoms with Crippen molar-refractivity contribution in [2.45, 2.75) is 83.1 Å². The van der Waals surface area contributed by atoms with Crippen LogP contribution in [-0.4, -0.2) is 31.4 Å². The van der Waals surface area contributed by atoms with Gasteiger partial charge in [-0.15, -0.1) is 0 Å². The second-order valence-corrected chi connectivity index (χ2v) is 10.8. The maximum Gasteiger partial charge on any atom is 0.325 e. The van der Waals surface area contributed by atoms with E-state index in [0.717, 1.165) is 0 Å². The summed E-state index contributed by atoms with van der Waals surface area (Å²) in [6.45, 7) is 22.8. The average Bonchev–Trinajstić information content (AvgIpc) is 2.34. The Hall–Kier alpha value is -0.866. The smallest absolute Gasteiger partial charge is 0.325 e. The minimum atomic E-state index is -0.306. The molecule has 0 rings (SSSR count). The second kappa shape index (κ2) is 10.6. The predicted molar refractivity (Wildman–Crippen MR) is 113 cm³/mol. The SMILES string of the molecule is CC(C)(C)C(=[OH+])/C=C(\O)C(C)(C)C.CC(C)(C)C(=[OH+])/C=C(\O)C(C)(C)C.[Ti]. The summed E-state index contributed by atoms with van der Waals surface area (Å²) in [5.41, 5.74) is -1.23. The molecule has 0 aliphatic heterocycles. The Balaban J connectivity index is -0.000000411. The van der Waals surface area contributed by atoms with Crippen LogP contribution in [0.5, 0.6) is 0 Å². The van der Waals surface area contributed by atoms with Crippen LogP contribution in [-0.2, 0) is 21.7 Å². The minimum Gasteiger partial charge on any atom is -0.511 e. The van der Waals surface area contributed by atoms with Crippen molar-refractivity contribution < 1.29 is 41.5 Å². The van der Waals surface area contributed by atoms with Crippen LogP contribution in [0.4, 0.5) is 0 Å². The molecule has 0 aliphatic carbocycles. The summed E-state index contributed by atoms with van der Waals surface area (Å²) >= 11 is 0. The zero-order valence-corrected chi connectivity index (χ0v) is 21.0. The van der Waals surface area contributed by atoms with Crippen molar-refractivity contribution in [1.82, 2.24) is 0 Å². The Kier molecular flexibility index (Phi) is 12.1. The molecule has 0 spiro atoms. The average molecular weight is 418 g/mol. The van der Waals surface area contributed by atoms with Crippen molar-refractivity contribution in [1.29, 1.82) is 0 Å². The molecule has 0 saturated heterocycles. The molecule has 0 aromatic carbocycles. The number of aliphatic hydroxyl groups excluding tert-OH is 2. The summed E-state index contributed by atoms with van der Waals surface area (Å²) in [5.74, 6) is 0.833. The first-order chi connectivity index (χ1) is 11.1. The number of ketones is 2. The first kappa shape index (κ1) is 30.8. The summed E-state index contributed by atoms with van der Waals surface area (Å²) in [6.07, 6.45) is 2.89. The number of rotatable bonds is 2. The normalized spacial score (nSPS) is 13.9. The fourth-order valence-electron chi connectivity index (χ4n) is 1.13. The largest absolute Gasteiger partial charge is 0.511 e. The zero-order chi connectivity index (χ0) is 21.7. The zero-order valence-electron chi connectivity index (χ0n) is 19.4. The van der Waals surface area contributed by atoms with Gasteiger partial charge in [0.15, 0.2) is 0 Å². The van der Waals surface area contributed by atoms with Crippen LogP contribution < -0.4 is 0 Å². The molecule has 0 aliphatic rings. The van der Waals surface area contributed by atoms with Crippen molar-refractivity contribution in [3.8, 4) is 0 Å². The molecule has 27 heavy (non-hydrogen) atoms. The quantitative estimate of drug-likeness (QED) is 0.245. The molecule has 0 bridgehead atoms. The molecule has 4 nitrogen and oxygen atoms in total. The molecule has 0 amide bonds. The number of carbonyl (C=O) groups excluding carboxylic acids is 2. The summed E-state index contributed by atoms with van der Waals surface area (Å²) in [4.78, 5) is 19.2. The Morgan fingerprint density at radius 2 is 0.704 bits per heavy atom. The van der Waals surface area contributed by atoms with E-state index in [4.69, 9.17) is 0 Å². The van der Waals surface area contributed by atoms with Crippen LogP contribution in [0.1, 0.15) is 83.1 Å². The van der Waals surface area contributed by atoms with E-state index in [1.54, 1.807) is 0 Å². The third-order valence-electron chi connectivity index (χ3n) is 3.62. The van der Waals surface area contributed by atoms with Crippen molar-refractivity contribution in [2.75, 3.05) is 0 Å². The number of aliphatic hydroxyl groups is 2. The van der Waals surface area contributed by atoms with Crippen LogP contribution in [0.2, 0.25) is 0 Å². The van der Waals surface area contributed by atoms with Gasteiger partial charge in [0.2, 0.25) is 0 Å². The third-order valence-corrected chi connectivity index (χ3v) is 3.62. The van der Waals surface area contributed by atoms with E-state index in [2.05, 4.69) is 0 Å². The van der Waals surface area contributed by atoms with Gasteiger partial charge in [0.25, 0.3) is 0 Å². The van der Waals surface area contributed by atoms with Crippen LogP contribution in [0.15, 0.2) is 23.7 Å². The molecule has 0 heterocycles. The van der Waals surface area contributed by atoms with Gasteiger partial charge in [0, 0.05) is 32.5 Å². The number of hydrogen-bond donors (Lipinski definition) is 2. The van der Waals surface area contributed by atoms with E-state index < -0.39 is 0 Å². The third kappa shape index (κ3) is 13.9. The molecule has 4 N–H and O–H groups in total. The first-order valence-corrected chi connectivity index (χ1v) is 9.05. The van der Waals surface area contributed by atoms with Gasteiger partial charge in [-0.25, -0.2) is 0 Å². The standard InChI is InChI=1S/2C11H20O2.Ti/c2*1-10(2,3)8(12)7-9(13)11(4,5)6;/h2*7,12H,1-6H3;/p+2/b2*8-7-;. The molecule has 0 radical (unpaired) electrons. The fourth-order valence-corrected chi connectivity index (χ4v) is 1.13. The van der Waals surface area contributed by atoms with Gasteiger partial charge in [-0.2, -0.15) is 0 Å². The van der Waals surface area contributed by atoms with Gasteiger partial charge < -0.3 is 10.2 Å². The Labute approximate surface area is 181 Å². The van der Waals surface area contributed by atoms with Crippen LogP contribution in [0, 0.1) is 21.7 Å². The molecule has 0 fully saturated rings. The Bertz CT molecular complexity index is 505. The van der Waals surface area contributed by atoms with E-state index in [1.165, 1.54) is 12.2 Å². The Morgan fingerprint density at radius 3 is 0.815 bits per heavy atom. The van der Waals surface area contributed by atoms with E-state index in [9.17, 15) is 19.8 Å². The Morgan fingerprint density at radius 1 is 0.519 bits per heavy atom. The molecule has 0 aromatic rings. The van der Waals surface area contributed by atoms with Crippen molar-refractivity contribution in [3.63, 3.8) is 0 Å². The molecule has 156 valence electrons. The van der Waals surface area contributed by atoms with Crippen LogP contribution in [0.3, 0.4) is 0 Å². The maximum absolute atomic E-state index is 9.60. The fraction of sp³-hybridized carbons (Fsp3) is 0.727. The molecular formula is C22H42O4Ti+2. The molecule has 0 aromatic heterocycles. The van der Waals surface area contributed by atoms with E-state index in [0.29, 0.717) is 0 Å². The van der Waals surface area contributed by atoms with Gasteiger partial charge in [-0.1, -0.05) is 41.5 Å². The maximum atomic E-state index is 9.60. The van der Waals surface area contributed by atoms with Crippen molar-refractivity contribution in [2.24, 2.45) is 21.7 Å². The van der Waals surface area contributed by atoms with Gasteiger partial charge in [-0.3, -0.25) is 9.59 Å². The van der Waals surface area contributed by atoms with Crippen molar-refractivity contribution >= 4 is 11.6 Å². The van der Waals surface area contributed by atoms with E-state index >= 15 is 0 Å². The van der Waals surface area contributed by atoms with Gasteiger partial charge in [0.1, 0.15) is 11.5 Å². The summed E-state index contributed by atoms with van der Waals surface area (Å²) in [7, 11) is 0. The predicted octanol–water partition coefficient (Wildman–Crippen LogP) is 6.13. The van der Waals surface area contributed by atoms with Crippen LogP contribution in [0.25, 0.3) is 0 Å². The topological polar surface area (TPSA) is 83.3 Å². The van der Waals surface area contributed by atoms with Gasteiger partial charge in [-0.05, 0) is 41.5 Å². The summed E-state index contributed by atoms with van der Waals surface area (Å²) < 4.78 is 0. The molecular weight excluding hydrogens is 376 g/mol. The monoisotopic (exact) mass is 418 g/mol. The molecule has 0 unspecified atom stereocenters. The first-order valence-electron chi connectivity index (χ1n) is 9.05. The second-order valence-electron chi connectivity index (χ2n) is 10.8. The van der Waals surface area contributed by atoms with Gasteiger partial charge in [0.05, 0.1) is 23.0 Å². The number of allylic oxidation sites excluding steroid dienone is 4. The molecule has 0 saturated carbocycles. The van der Waals surface area contributed by atoms with Gasteiger partial charge >= 0.3 is 11.6 Å². The van der Waals surface area contributed by atoms with E-state index in [1.807, 2.05) is 83.1 Å².